The molecular weight excluding hydrogens is 232 g/mol. The molecule has 2 rings (SSSR count). The molecular formula is C13H20N2OS. The molecule has 2 unspecified atom stereocenters. The molecule has 0 saturated heterocycles. The molecule has 0 aliphatic carbocycles. The Morgan fingerprint density at radius 3 is 2.41 bits per heavy atom. The predicted molar refractivity (Wildman–Crippen MR) is 72.8 cm³/mol. The number of nitrogens with zero attached hydrogens (tertiary/aromatic N) is 2. The Bertz CT molecular complexity index is 450. The molecule has 0 saturated carbocycles. The van der Waals surface area contributed by atoms with Crippen LogP contribution in [0, 0.1) is 13.8 Å². The second-order valence-corrected chi connectivity index (χ2v) is 6.17. The maximum Gasteiger partial charge on any atom is 0.0750 e. The lowest BCUT2D eigenvalue weighted by atomic mass is 10.1. The number of hydrogen-bond acceptors (Lipinski definition) is 4. The number of hydrogen-bond donors (Lipinski definition) is 1. The average Bonchev–Trinajstić information content (AvgIpc) is 2.70. The Morgan fingerprint density at radius 1 is 1.35 bits per heavy atom. The van der Waals surface area contributed by atoms with Crippen molar-refractivity contribution < 1.29 is 5.11 Å². The number of aliphatic hydroxyl groups is 1. The molecule has 0 aromatic carbocycles. The van der Waals surface area contributed by atoms with E-state index in [2.05, 4.69) is 36.0 Å². The van der Waals surface area contributed by atoms with E-state index in [9.17, 15) is 5.11 Å². The minimum Gasteiger partial charge on any atom is -0.391 e. The molecule has 2 heterocycles. The first-order valence-corrected chi connectivity index (χ1v) is 6.67. The maximum absolute atomic E-state index is 9.77. The van der Waals surface area contributed by atoms with Crippen LogP contribution in [0.5, 0.6) is 0 Å². The molecule has 0 spiro atoms. The second kappa shape index (κ2) is 4.44. The molecule has 0 radical (unpaired) electrons. The van der Waals surface area contributed by atoms with Crippen LogP contribution in [-0.4, -0.2) is 41.4 Å². The number of aliphatic hydroxyl groups excluding tert-OH is 1. The summed E-state index contributed by atoms with van der Waals surface area (Å²) in [6.45, 7) is 6.12. The van der Waals surface area contributed by atoms with Crippen molar-refractivity contribution in [1.82, 2.24) is 10.0 Å². The Balaban J connectivity index is 2.39. The lowest BCUT2D eigenvalue weighted by Gasteiger charge is -2.30. The number of aryl methyl sites for hydroxylation is 2. The number of likely N-dealkylation sites (N-methyl/N-ethyl adjacent to an activating group) is 1. The molecule has 0 bridgehead atoms. The minimum atomic E-state index is -0.361. The van der Waals surface area contributed by atoms with Crippen LogP contribution in [0.15, 0.2) is 12.1 Å². The average molecular weight is 252 g/mol. The van der Waals surface area contributed by atoms with Crippen molar-refractivity contribution in [3.8, 4) is 0 Å². The van der Waals surface area contributed by atoms with Gasteiger partial charge in [0.15, 0.2) is 0 Å². The fourth-order valence-electron chi connectivity index (χ4n) is 2.35. The summed E-state index contributed by atoms with van der Waals surface area (Å²) in [4.78, 5) is 2.66. The van der Waals surface area contributed by atoms with Gasteiger partial charge in [-0.05, 0) is 32.9 Å². The Kier molecular flexibility index (Phi) is 3.30. The zero-order valence-electron chi connectivity index (χ0n) is 11.1. The van der Waals surface area contributed by atoms with Crippen LogP contribution in [0.25, 0.3) is 5.70 Å². The smallest absolute Gasteiger partial charge is 0.0750 e. The van der Waals surface area contributed by atoms with Crippen LogP contribution in [0.4, 0.5) is 0 Å². The zero-order chi connectivity index (χ0) is 12.7. The first-order valence-electron chi connectivity index (χ1n) is 5.85. The van der Waals surface area contributed by atoms with E-state index in [0.717, 1.165) is 0 Å². The Labute approximate surface area is 107 Å². The molecule has 1 aromatic heterocycles. The van der Waals surface area contributed by atoms with Crippen molar-refractivity contribution in [2.75, 3.05) is 14.1 Å². The van der Waals surface area contributed by atoms with Crippen molar-refractivity contribution in [3.63, 3.8) is 0 Å². The van der Waals surface area contributed by atoms with Gasteiger partial charge in [-0.15, -0.1) is 11.3 Å². The number of hydrazine groups is 1. The summed E-state index contributed by atoms with van der Waals surface area (Å²) in [7, 11) is 4.05. The summed E-state index contributed by atoms with van der Waals surface area (Å²) in [5, 5.41) is 14.0. The third kappa shape index (κ3) is 2.12. The molecule has 1 N–H and O–H groups in total. The number of thiophene rings is 1. The van der Waals surface area contributed by atoms with Gasteiger partial charge >= 0.3 is 0 Å². The van der Waals surface area contributed by atoms with E-state index < -0.39 is 0 Å². The molecule has 17 heavy (non-hydrogen) atoms. The summed E-state index contributed by atoms with van der Waals surface area (Å²) in [5.41, 5.74) is 2.48. The van der Waals surface area contributed by atoms with Gasteiger partial charge < -0.3 is 10.1 Å². The first-order chi connectivity index (χ1) is 7.91. The normalized spacial score (nSPS) is 23.1. The molecule has 94 valence electrons. The van der Waals surface area contributed by atoms with Gasteiger partial charge in [-0.1, -0.05) is 0 Å². The monoisotopic (exact) mass is 252 g/mol. The fraction of sp³-hybridized carbons (Fsp3) is 0.538. The highest BCUT2D eigenvalue weighted by Gasteiger charge is 2.31. The summed E-state index contributed by atoms with van der Waals surface area (Å²) in [6.07, 6.45) is 1.79. The van der Waals surface area contributed by atoms with Crippen LogP contribution in [0.2, 0.25) is 0 Å². The maximum atomic E-state index is 9.77. The van der Waals surface area contributed by atoms with Crippen LogP contribution in [-0.2, 0) is 0 Å². The molecule has 3 nitrogen and oxygen atoms in total. The van der Waals surface area contributed by atoms with Crippen molar-refractivity contribution in [1.29, 1.82) is 0 Å². The quantitative estimate of drug-likeness (QED) is 0.874. The topological polar surface area (TPSA) is 26.7 Å². The van der Waals surface area contributed by atoms with Crippen molar-refractivity contribution >= 4 is 17.0 Å². The molecule has 2 atom stereocenters. The summed E-state index contributed by atoms with van der Waals surface area (Å²) in [6, 6.07) is 2.29. The van der Waals surface area contributed by atoms with E-state index in [0.29, 0.717) is 0 Å². The lowest BCUT2D eigenvalue weighted by molar-refractivity contribution is 0.0191. The SMILES string of the molecule is Cc1cc(C2=CC(C(C)O)N(C)N2C)c(C)s1. The summed E-state index contributed by atoms with van der Waals surface area (Å²) in [5.74, 6) is 0. The Morgan fingerprint density at radius 2 is 2.00 bits per heavy atom. The van der Waals surface area contributed by atoms with Crippen LogP contribution >= 0.6 is 11.3 Å². The minimum absolute atomic E-state index is 0.0645. The van der Waals surface area contributed by atoms with Crippen molar-refractivity contribution in [2.45, 2.75) is 32.9 Å². The van der Waals surface area contributed by atoms with E-state index in [1.807, 2.05) is 32.4 Å². The van der Waals surface area contributed by atoms with Gasteiger partial charge in [0, 0.05) is 29.4 Å². The third-order valence-corrected chi connectivity index (χ3v) is 4.36. The molecule has 0 fully saturated rings. The van der Waals surface area contributed by atoms with Gasteiger partial charge in [-0.25, -0.2) is 5.01 Å². The second-order valence-electron chi connectivity index (χ2n) is 4.71. The van der Waals surface area contributed by atoms with Crippen LogP contribution in [0.1, 0.15) is 22.2 Å². The highest BCUT2D eigenvalue weighted by molar-refractivity contribution is 7.12. The molecule has 0 amide bonds. The highest BCUT2D eigenvalue weighted by Crippen LogP contribution is 2.34. The molecule has 4 heteroatoms. The first kappa shape index (κ1) is 12.6. The molecule has 1 aliphatic heterocycles. The molecule has 1 aliphatic rings. The summed E-state index contributed by atoms with van der Waals surface area (Å²) >= 11 is 1.82. The highest BCUT2D eigenvalue weighted by atomic mass is 32.1. The summed E-state index contributed by atoms with van der Waals surface area (Å²) < 4.78 is 0. The van der Waals surface area contributed by atoms with Gasteiger partial charge in [0.05, 0.1) is 17.8 Å². The van der Waals surface area contributed by atoms with Gasteiger partial charge in [0.25, 0.3) is 0 Å². The fourth-order valence-corrected chi connectivity index (χ4v) is 3.28. The van der Waals surface area contributed by atoms with E-state index >= 15 is 0 Å². The Hall–Kier alpha value is -0.840. The standard InChI is InChI=1S/C13H20N2OS/c1-8-6-11(10(3)17-8)13-7-12(9(2)16)14(4)15(13)5/h6-7,9,12,16H,1-5H3. The lowest BCUT2D eigenvalue weighted by Crippen LogP contribution is -2.41. The van der Waals surface area contributed by atoms with Crippen LogP contribution < -0.4 is 0 Å². The van der Waals surface area contributed by atoms with Gasteiger partial charge in [-0.3, -0.25) is 0 Å². The van der Waals surface area contributed by atoms with E-state index in [1.165, 1.54) is 21.0 Å². The van der Waals surface area contributed by atoms with Crippen LogP contribution in [0.3, 0.4) is 0 Å². The number of rotatable bonds is 2. The van der Waals surface area contributed by atoms with E-state index in [4.69, 9.17) is 0 Å². The molecule has 1 aromatic rings. The largest absolute Gasteiger partial charge is 0.391 e. The van der Waals surface area contributed by atoms with Gasteiger partial charge in [-0.2, -0.15) is 0 Å². The van der Waals surface area contributed by atoms with E-state index in [-0.39, 0.29) is 12.1 Å². The van der Waals surface area contributed by atoms with Gasteiger partial charge in [0.2, 0.25) is 0 Å². The predicted octanol–water partition coefficient (Wildman–Crippen LogP) is 2.25. The van der Waals surface area contributed by atoms with Gasteiger partial charge in [0.1, 0.15) is 0 Å². The third-order valence-electron chi connectivity index (χ3n) is 3.39. The van der Waals surface area contributed by atoms with Crippen molar-refractivity contribution in [3.05, 3.63) is 27.5 Å². The van der Waals surface area contributed by atoms with E-state index in [1.54, 1.807) is 0 Å². The van der Waals surface area contributed by atoms with Crippen molar-refractivity contribution in [2.24, 2.45) is 0 Å². The zero-order valence-corrected chi connectivity index (χ0v) is 11.9.